The van der Waals surface area contributed by atoms with Crippen molar-refractivity contribution in [2.24, 2.45) is 0 Å². The Kier molecular flexibility index (Phi) is 5.36. The molecule has 0 aliphatic rings. The van der Waals surface area contributed by atoms with E-state index in [2.05, 4.69) is 25.6 Å². The van der Waals surface area contributed by atoms with Gasteiger partial charge in [-0.05, 0) is 42.5 Å². The van der Waals surface area contributed by atoms with Gasteiger partial charge < -0.3 is 5.32 Å². The Bertz CT molecular complexity index is 1080. The molecule has 0 aliphatic heterocycles. The molecule has 28 heavy (non-hydrogen) atoms. The zero-order valence-electron chi connectivity index (χ0n) is 14.4. The number of thioether (sulfide) groups is 1. The molecule has 0 bridgehead atoms. The van der Waals surface area contributed by atoms with Crippen LogP contribution in [0.25, 0.3) is 11.4 Å². The van der Waals surface area contributed by atoms with Gasteiger partial charge in [0.2, 0.25) is 5.91 Å². The molecule has 0 fully saturated rings. The first kappa shape index (κ1) is 18.2. The van der Waals surface area contributed by atoms with Gasteiger partial charge in [0, 0.05) is 10.7 Å². The fourth-order valence-electron chi connectivity index (χ4n) is 2.49. The maximum atomic E-state index is 12.3. The van der Waals surface area contributed by atoms with Crippen molar-refractivity contribution in [3.63, 3.8) is 0 Å². The average molecular weight is 412 g/mol. The van der Waals surface area contributed by atoms with Gasteiger partial charge in [0.1, 0.15) is 19.0 Å². The van der Waals surface area contributed by atoms with Crippen LogP contribution in [0.3, 0.4) is 0 Å². The summed E-state index contributed by atoms with van der Waals surface area (Å²) < 4.78 is 3.43. The molecule has 0 unspecified atom stereocenters. The van der Waals surface area contributed by atoms with E-state index in [-0.39, 0.29) is 11.7 Å². The van der Waals surface area contributed by atoms with Gasteiger partial charge in [-0.2, -0.15) is 5.10 Å². The van der Waals surface area contributed by atoms with E-state index in [1.54, 1.807) is 28.0 Å². The van der Waals surface area contributed by atoms with Crippen LogP contribution in [0.2, 0.25) is 5.02 Å². The first-order valence-corrected chi connectivity index (χ1v) is 9.59. The Morgan fingerprint density at radius 3 is 2.71 bits per heavy atom. The van der Waals surface area contributed by atoms with Crippen molar-refractivity contribution in [2.75, 3.05) is 11.1 Å². The number of carbonyl (C=O) groups excluding carboxylic acids is 1. The summed E-state index contributed by atoms with van der Waals surface area (Å²) in [7, 11) is 0. The van der Waals surface area contributed by atoms with E-state index < -0.39 is 0 Å². The predicted octanol–water partition coefficient (Wildman–Crippen LogP) is 3.23. The lowest BCUT2D eigenvalue weighted by Gasteiger charge is -2.08. The third kappa shape index (κ3) is 4.21. The molecule has 10 heteroatoms. The molecule has 2 aromatic carbocycles. The van der Waals surface area contributed by atoms with E-state index in [1.165, 1.54) is 18.1 Å². The van der Waals surface area contributed by atoms with Crippen molar-refractivity contribution in [2.45, 2.75) is 5.16 Å². The summed E-state index contributed by atoms with van der Waals surface area (Å²) >= 11 is 7.34. The molecule has 0 aliphatic carbocycles. The van der Waals surface area contributed by atoms with Gasteiger partial charge in [0.25, 0.3) is 0 Å². The van der Waals surface area contributed by atoms with E-state index in [0.717, 1.165) is 11.4 Å². The number of aromatic nitrogens is 6. The van der Waals surface area contributed by atoms with Crippen molar-refractivity contribution < 1.29 is 4.79 Å². The number of anilines is 1. The van der Waals surface area contributed by atoms with Crippen LogP contribution in [0, 0.1) is 0 Å². The molecular weight excluding hydrogens is 398 g/mol. The Hall–Kier alpha value is -3.17. The highest BCUT2D eigenvalue weighted by atomic mass is 35.5. The van der Waals surface area contributed by atoms with E-state index in [0.29, 0.717) is 15.9 Å². The van der Waals surface area contributed by atoms with Gasteiger partial charge in [-0.3, -0.25) is 9.36 Å². The molecular formula is C18H14ClN7OS. The van der Waals surface area contributed by atoms with Crippen molar-refractivity contribution in [1.82, 2.24) is 29.5 Å². The zero-order chi connectivity index (χ0) is 19.3. The van der Waals surface area contributed by atoms with Crippen molar-refractivity contribution in [3.8, 4) is 11.4 Å². The monoisotopic (exact) mass is 411 g/mol. The van der Waals surface area contributed by atoms with Crippen molar-refractivity contribution in [3.05, 3.63) is 72.5 Å². The van der Waals surface area contributed by atoms with E-state index in [9.17, 15) is 4.79 Å². The lowest BCUT2D eigenvalue weighted by atomic mass is 10.3. The lowest BCUT2D eigenvalue weighted by molar-refractivity contribution is -0.113. The summed E-state index contributed by atoms with van der Waals surface area (Å²) in [6, 6.07) is 14.7. The SMILES string of the molecule is O=C(CSc1nncn1-c1cccc(Cl)c1)Nc1ccc(-n2cncn2)cc1. The van der Waals surface area contributed by atoms with Crippen LogP contribution in [0.15, 0.2) is 72.7 Å². The Morgan fingerprint density at radius 1 is 1.11 bits per heavy atom. The minimum Gasteiger partial charge on any atom is -0.325 e. The number of nitrogens with zero attached hydrogens (tertiary/aromatic N) is 6. The van der Waals surface area contributed by atoms with Crippen molar-refractivity contribution >= 4 is 35.0 Å². The van der Waals surface area contributed by atoms with Crippen LogP contribution in [0.5, 0.6) is 0 Å². The van der Waals surface area contributed by atoms with Gasteiger partial charge in [0.05, 0.1) is 17.1 Å². The number of hydrogen-bond donors (Lipinski definition) is 1. The summed E-state index contributed by atoms with van der Waals surface area (Å²) in [6.07, 6.45) is 4.67. The van der Waals surface area contributed by atoms with Gasteiger partial charge in [-0.15, -0.1) is 10.2 Å². The van der Waals surface area contributed by atoms with E-state index >= 15 is 0 Å². The Balaban J connectivity index is 1.37. The lowest BCUT2D eigenvalue weighted by Crippen LogP contribution is -2.14. The number of hydrogen-bond acceptors (Lipinski definition) is 6. The molecule has 0 saturated heterocycles. The average Bonchev–Trinajstić information content (AvgIpc) is 3.39. The standard InChI is InChI=1S/C18H14ClN7OS/c19-13-2-1-3-16(8-13)25-12-21-24-18(25)28-9-17(27)23-14-4-6-15(7-5-14)26-11-20-10-22-26/h1-8,10-12H,9H2,(H,23,27). The Morgan fingerprint density at radius 2 is 1.96 bits per heavy atom. The van der Waals surface area contributed by atoms with Gasteiger partial charge >= 0.3 is 0 Å². The molecule has 0 atom stereocenters. The van der Waals surface area contributed by atoms with Crippen LogP contribution in [-0.4, -0.2) is 41.2 Å². The summed E-state index contributed by atoms with van der Waals surface area (Å²) in [5.74, 6) is 0.0588. The number of nitrogens with one attached hydrogen (secondary N) is 1. The minimum atomic E-state index is -0.140. The second-order valence-corrected chi connectivity index (χ2v) is 7.07. The number of benzene rings is 2. The summed E-state index contributed by atoms with van der Waals surface area (Å²) in [5.41, 5.74) is 2.40. The molecule has 2 aromatic heterocycles. The van der Waals surface area contributed by atoms with Crippen LogP contribution in [-0.2, 0) is 4.79 Å². The number of amides is 1. The number of halogens is 1. The molecule has 4 rings (SSSR count). The summed E-state index contributed by atoms with van der Waals surface area (Å²) in [5, 5.41) is 16.2. The summed E-state index contributed by atoms with van der Waals surface area (Å²) in [4.78, 5) is 16.2. The van der Waals surface area contributed by atoms with Gasteiger partial charge in [0.15, 0.2) is 5.16 Å². The molecule has 140 valence electrons. The van der Waals surface area contributed by atoms with Crippen LogP contribution >= 0.6 is 23.4 Å². The first-order valence-electron chi connectivity index (χ1n) is 8.23. The fourth-order valence-corrected chi connectivity index (χ4v) is 3.41. The molecule has 2 heterocycles. The third-order valence-corrected chi connectivity index (χ3v) is 4.95. The second kappa shape index (κ2) is 8.24. The first-order chi connectivity index (χ1) is 13.7. The molecule has 1 N–H and O–H groups in total. The summed E-state index contributed by atoms with van der Waals surface area (Å²) in [6.45, 7) is 0. The Labute approximate surface area is 169 Å². The predicted molar refractivity (Wildman–Crippen MR) is 107 cm³/mol. The molecule has 8 nitrogen and oxygen atoms in total. The molecule has 4 aromatic rings. The van der Waals surface area contributed by atoms with Crippen molar-refractivity contribution in [1.29, 1.82) is 0 Å². The van der Waals surface area contributed by atoms with E-state index in [4.69, 9.17) is 11.6 Å². The number of carbonyl (C=O) groups is 1. The molecule has 0 spiro atoms. The largest absolute Gasteiger partial charge is 0.325 e. The quantitative estimate of drug-likeness (QED) is 0.490. The number of rotatable bonds is 6. The van der Waals surface area contributed by atoms with Gasteiger partial charge in [-0.1, -0.05) is 29.4 Å². The normalized spacial score (nSPS) is 10.8. The third-order valence-electron chi connectivity index (χ3n) is 3.77. The van der Waals surface area contributed by atoms with Gasteiger partial charge in [-0.25, -0.2) is 9.67 Å². The highest BCUT2D eigenvalue weighted by Gasteiger charge is 2.11. The van der Waals surface area contributed by atoms with Crippen LogP contribution < -0.4 is 5.32 Å². The maximum absolute atomic E-state index is 12.3. The van der Waals surface area contributed by atoms with Crippen LogP contribution in [0.4, 0.5) is 5.69 Å². The minimum absolute atomic E-state index is 0.140. The topological polar surface area (TPSA) is 90.5 Å². The highest BCUT2D eigenvalue weighted by Crippen LogP contribution is 2.22. The van der Waals surface area contributed by atoms with Crippen LogP contribution in [0.1, 0.15) is 0 Å². The molecule has 0 radical (unpaired) electrons. The maximum Gasteiger partial charge on any atom is 0.234 e. The highest BCUT2D eigenvalue weighted by molar-refractivity contribution is 7.99. The molecule has 0 saturated carbocycles. The molecule has 1 amide bonds. The smallest absolute Gasteiger partial charge is 0.234 e. The van der Waals surface area contributed by atoms with E-state index in [1.807, 2.05) is 42.5 Å². The second-order valence-electron chi connectivity index (χ2n) is 5.69. The fraction of sp³-hybridized carbons (Fsp3) is 0.0556. The zero-order valence-corrected chi connectivity index (χ0v) is 16.0.